The van der Waals surface area contributed by atoms with Gasteiger partial charge in [0.05, 0.1) is 9.93 Å². The third-order valence-corrected chi connectivity index (χ3v) is 5.93. The molecule has 4 nitrogen and oxygen atoms in total. The highest BCUT2D eigenvalue weighted by atomic mass is 35.5. The smallest absolute Gasteiger partial charge is 0.273 e. The quantitative estimate of drug-likeness (QED) is 0.380. The molecule has 0 saturated carbocycles. The van der Waals surface area contributed by atoms with E-state index < -0.39 is 18.4 Å². The first-order valence-electron chi connectivity index (χ1n) is 7.60. The first-order chi connectivity index (χ1) is 13.3. The van der Waals surface area contributed by atoms with E-state index in [0.29, 0.717) is 20.6 Å². The van der Waals surface area contributed by atoms with Crippen LogP contribution in [0.3, 0.4) is 0 Å². The number of thiocarbonyl (C=S) groups is 1. The van der Waals surface area contributed by atoms with Gasteiger partial charge < -0.3 is 4.74 Å². The zero-order valence-electron chi connectivity index (χ0n) is 13.7. The number of ether oxygens (including phenoxy) is 1. The minimum Gasteiger partial charge on any atom is -0.482 e. The van der Waals surface area contributed by atoms with Crippen LogP contribution in [0, 0.1) is 0 Å². The highest BCUT2D eigenvalue weighted by Gasteiger charge is 2.37. The average Bonchev–Trinajstić information content (AvgIpc) is 2.90. The second-order valence-electron chi connectivity index (χ2n) is 5.44. The number of hydrogen-bond acceptors (Lipinski definition) is 5. The van der Waals surface area contributed by atoms with E-state index in [1.165, 1.54) is 12.1 Å². The average molecular weight is 493 g/mol. The Bertz CT molecular complexity index is 1030. The molecule has 2 aromatic carbocycles. The number of nitrogens with zero attached hydrogens (tertiary/aromatic N) is 1. The first-order valence-corrected chi connectivity index (χ1v) is 10.3. The molecule has 0 bridgehead atoms. The van der Waals surface area contributed by atoms with E-state index in [4.69, 9.17) is 63.4 Å². The molecule has 1 saturated heterocycles. The summed E-state index contributed by atoms with van der Waals surface area (Å²) in [6.45, 7) is -0.414. The number of halogens is 4. The molecule has 0 atom stereocenters. The molecule has 0 spiro atoms. The van der Waals surface area contributed by atoms with Gasteiger partial charge in [-0.15, -0.1) is 0 Å². The number of benzene rings is 2. The van der Waals surface area contributed by atoms with Gasteiger partial charge in [-0.05, 0) is 42.0 Å². The maximum atomic E-state index is 12.6. The number of carbonyl (C=O) groups excluding carboxylic acids is 2. The van der Waals surface area contributed by atoms with Crippen molar-refractivity contribution < 1.29 is 14.3 Å². The summed E-state index contributed by atoms with van der Waals surface area (Å²) in [5, 5.41) is 1.54. The van der Waals surface area contributed by atoms with Crippen LogP contribution in [0.1, 0.15) is 5.56 Å². The third kappa shape index (κ3) is 4.82. The Labute approximate surface area is 190 Å². The van der Waals surface area contributed by atoms with Crippen LogP contribution in [0.4, 0.5) is 0 Å². The van der Waals surface area contributed by atoms with Gasteiger partial charge >= 0.3 is 0 Å². The van der Waals surface area contributed by atoms with Crippen molar-refractivity contribution in [1.82, 2.24) is 4.90 Å². The molecule has 0 aromatic heterocycles. The summed E-state index contributed by atoms with van der Waals surface area (Å²) in [5.74, 6) is -0.885. The molecule has 0 N–H and O–H groups in total. The topological polar surface area (TPSA) is 46.6 Å². The fraction of sp³-hybridized carbons (Fsp3) is 0.0556. The minimum absolute atomic E-state index is 0.108. The Morgan fingerprint density at radius 1 is 1.07 bits per heavy atom. The lowest BCUT2D eigenvalue weighted by Gasteiger charge is -2.13. The fourth-order valence-corrected chi connectivity index (χ4v) is 4.45. The lowest BCUT2D eigenvalue weighted by Crippen LogP contribution is -2.38. The first kappa shape index (κ1) is 21.4. The van der Waals surface area contributed by atoms with E-state index in [2.05, 4.69) is 0 Å². The van der Waals surface area contributed by atoms with E-state index in [1.807, 2.05) is 0 Å². The molecule has 10 heteroatoms. The van der Waals surface area contributed by atoms with E-state index in [-0.39, 0.29) is 20.0 Å². The van der Waals surface area contributed by atoms with Crippen molar-refractivity contribution in [2.45, 2.75) is 0 Å². The van der Waals surface area contributed by atoms with E-state index >= 15 is 0 Å². The van der Waals surface area contributed by atoms with Gasteiger partial charge in [0, 0.05) is 15.1 Å². The Kier molecular flexibility index (Phi) is 6.91. The fourth-order valence-electron chi connectivity index (χ4n) is 2.24. The van der Waals surface area contributed by atoms with Gasteiger partial charge in [0.2, 0.25) is 0 Å². The van der Waals surface area contributed by atoms with Crippen LogP contribution in [-0.2, 0) is 9.59 Å². The molecule has 1 aliphatic rings. The number of rotatable bonds is 4. The van der Waals surface area contributed by atoms with Gasteiger partial charge in [0.15, 0.2) is 10.9 Å². The minimum atomic E-state index is -0.612. The van der Waals surface area contributed by atoms with E-state index in [0.717, 1.165) is 16.7 Å². The molecular formula is C18H9Cl4NO3S2. The van der Waals surface area contributed by atoms with Gasteiger partial charge in [0.1, 0.15) is 5.75 Å². The van der Waals surface area contributed by atoms with Crippen molar-refractivity contribution in [3.63, 3.8) is 0 Å². The van der Waals surface area contributed by atoms with Crippen molar-refractivity contribution in [1.29, 1.82) is 0 Å². The summed E-state index contributed by atoms with van der Waals surface area (Å²) in [6.07, 6.45) is 1.56. The van der Waals surface area contributed by atoms with Crippen LogP contribution >= 0.6 is 70.4 Å². The molecule has 0 radical (unpaired) electrons. The maximum absolute atomic E-state index is 12.6. The summed E-state index contributed by atoms with van der Waals surface area (Å²) >= 11 is 30.0. The number of amides is 2. The van der Waals surface area contributed by atoms with Crippen LogP contribution in [-0.4, -0.2) is 27.6 Å². The predicted molar refractivity (Wildman–Crippen MR) is 118 cm³/mol. The Balaban J connectivity index is 1.74. The lowest BCUT2D eigenvalue weighted by atomic mass is 10.2. The summed E-state index contributed by atoms with van der Waals surface area (Å²) < 4.78 is 5.50. The van der Waals surface area contributed by atoms with Crippen molar-refractivity contribution in [3.05, 3.63) is 67.0 Å². The summed E-state index contributed by atoms with van der Waals surface area (Å²) in [6, 6.07) is 9.47. The molecule has 144 valence electrons. The molecule has 1 aliphatic heterocycles. The molecule has 3 rings (SSSR count). The number of carbonyl (C=O) groups is 2. The van der Waals surface area contributed by atoms with Crippen molar-refractivity contribution in [3.8, 4) is 5.75 Å². The van der Waals surface area contributed by atoms with E-state index in [9.17, 15) is 9.59 Å². The second kappa shape index (κ2) is 9.03. The van der Waals surface area contributed by atoms with Gasteiger partial charge in [-0.3, -0.25) is 9.59 Å². The molecular weight excluding hydrogens is 484 g/mol. The van der Waals surface area contributed by atoms with Gasteiger partial charge in [-0.1, -0.05) is 76.4 Å². The maximum Gasteiger partial charge on any atom is 0.273 e. The Hall–Kier alpha value is -1.28. The normalized spacial score (nSPS) is 15.4. The molecule has 1 fully saturated rings. The molecule has 0 unspecified atom stereocenters. The zero-order chi connectivity index (χ0) is 20.4. The number of imide groups is 1. The van der Waals surface area contributed by atoms with Crippen LogP contribution in [0.25, 0.3) is 6.08 Å². The van der Waals surface area contributed by atoms with E-state index in [1.54, 1.807) is 30.3 Å². The van der Waals surface area contributed by atoms with Gasteiger partial charge in [0.25, 0.3) is 11.8 Å². The van der Waals surface area contributed by atoms with Crippen molar-refractivity contribution in [2.75, 3.05) is 6.61 Å². The molecule has 1 heterocycles. The predicted octanol–water partition coefficient (Wildman–Crippen LogP) is 6.11. The van der Waals surface area contributed by atoms with Gasteiger partial charge in [-0.25, -0.2) is 4.90 Å². The van der Waals surface area contributed by atoms with Crippen LogP contribution in [0.15, 0.2) is 41.3 Å². The lowest BCUT2D eigenvalue weighted by molar-refractivity contribution is -0.137. The highest BCUT2D eigenvalue weighted by Crippen LogP contribution is 2.34. The highest BCUT2D eigenvalue weighted by molar-refractivity contribution is 8.26. The summed E-state index contributed by atoms with van der Waals surface area (Å²) in [5.41, 5.74) is 0.586. The monoisotopic (exact) mass is 491 g/mol. The van der Waals surface area contributed by atoms with Crippen LogP contribution < -0.4 is 4.74 Å². The standard InChI is InChI=1S/C18H9Cl4NO3S2/c19-10-2-1-9(12(21)6-10)5-15-17(25)23(18(27)28-15)16(24)8-26-14-4-3-11(20)7-13(14)22/h1-7H,8H2. The second-order valence-corrected chi connectivity index (χ2v) is 8.80. The van der Waals surface area contributed by atoms with Crippen molar-refractivity contribution >= 4 is 92.6 Å². The molecule has 2 aromatic rings. The van der Waals surface area contributed by atoms with Crippen LogP contribution in [0.5, 0.6) is 5.75 Å². The number of hydrogen-bond donors (Lipinski definition) is 0. The third-order valence-electron chi connectivity index (χ3n) is 3.54. The van der Waals surface area contributed by atoms with Crippen molar-refractivity contribution in [2.24, 2.45) is 0 Å². The summed E-state index contributed by atoms with van der Waals surface area (Å²) in [7, 11) is 0. The summed E-state index contributed by atoms with van der Waals surface area (Å²) in [4.78, 5) is 26.2. The molecule has 2 amide bonds. The molecule has 0 aliphatic carbocycles. The largest absolute Gasteiger partial charge is 0.482 e. The SMILES string of the molecule is O=C(COc1ccc(Cl)cc1Cl)N1C(=O)C(=Cc2ccc(Cl)cc2Cl)SC1=S. The molecule has 28 heavy (non-hydrogen) atoms. The van der Waals surface area contributed by atoms with Crippen LogP contribution in [0.2, 0.25) is 20.1 Å². The number of thioether (sulfide) groups is 1. The zero-order valence-corrected chi connectivity index (χ0v) is 18.4. The Morgan fingerprint density at radius 2 is 1.71 bits per heavy atom. The Morgan fingerprint density at radius 3 is 2.36 bits per heavy atom. The van der Waals surface area contributed by atoms with Gasteiger partial charge in [-0.2, -0.15) is 0 Å².